The molecule has 66 valence electrons. The lowest BCUT2D eigenvalue weighted by Gasteiger charge is -2.26. The van der Waals surface area contributed by atoms with Crippen molar-refractivity contribution in [1.29, 1.82) is 0 Å². The zero-order valence-corrected chi connectivity index (χ0v) is 8.65. The molecule has 0 saturated carbocycles. The maximum absolute atomic E-state index is 4.05. The van der Waals surface area contributed by atoms with Gasteiger partial charge in [-0.15, -0.1) is 0 Å². The van der Waals surface area contributed by atoms with Gasteiger partial charge in [0.25, 0.3) is 0 Å². The summed E-state index contributed by atoms with van der Waals surface area (Å²) in [5.74, 6) is 2.23. The van der Waals surface area contributed by atoms with Gasteiger partial charge in [0.2, 0.25) is 0 Å². The molecule has 2 atom stereocenters. The number of allylic oxidation sites excluding steroid dienone is 1. The molecule has 0 amide bonds. The van der Waals surface area contributed by atoms with E-state index in [9.17, 15) is 0 Å². The summed E-state index contributed by atoms with van der Waals surface area (Å²) in [6.45, 7) is 15.3. The highest BCUT2D eigenvalue weighted by Crippen LogP contribution is 2.28. The van der Waals surface area contributed by atoms with Crippen LogP contribution in [-0.2, 0) is 0 Å². The minimum Gasteiger partial charge on any atom is -0.0998 e. The van der Waals surface area contributed by atoms with Gasteiger partial charge in [-0.3, -0.25) is 0 Å². The molecule has 0 bridgehead atoms. The molecule has 0 heterocycles. The summed E-state index contributed by atoms with van der Waals surface area (Å²) in [6, 6.07) is 0. The topological polar surface area (TPSA) is 0 Å². The standard InChI is InChI=1S/C11H22/c1-7-10(6)11(8(2)3)9(4)5/h9-11H,2,7H2,1,3-6H3. The van der Waals surface area contributed by atoms with Crippen LogP contribution >= 0.6 is 0 Å². The highest BCUT2D eigenvalue weighted by molar-refractivity contribution is 4.99. The van der Waals surface area contributed by atoms with Gasteiger partial charge in [0.1, 0.15) is 0 Å². The maximum Gasteiger partial charge on any atom is -0.0160 e. The molecule has 0 saturated heterocycles. The monoisotopic (exact) mass is 154 g/mol. The largest absolute Gasteiger partial charge is 0.0998 e. The van der Waals surface area contributed by atoms with Crippen LogP contribution < -0.4 is 0 Å². The van der Waals surface area contributed by atoms with Crippen LogP contribution in [0.1, 0.15) is 41.0 Å². The highest BCUT2D eigenvalue weighted by Gasteiger charge is 2.19. The molecule has 0 aromatic carbocycles. The SMILES string of the molecule is C=C(C)C(C(C)C)C(C)CC. The fourth-order valence-corrected chi connectivity index (χ4v) is 1.97. The smallest absolute Gasteiger partial charge is 0.0160 e. The zero-order chi connectivity index (χ0) is 9.02. The van der Waals surface area contributed by atoms with Gasteiger partial charge in [-0.2, -0.15) is 0 Å². The van der Waals surface area contributed by atoms with E-state index in [1.165, 1.54) is 12.0 Å². The van der Waals surface area contributed by atoms with Gasteiger partial charge in [-0.1, -0.05) is 46.3 Å². The Morgan fingerprint density at radius 3 is 1.82 bits per heavy atom. The molecular formula is C11H22. The van der Waals surface area contributed by atoms with E-state index >= 15 is 0 Å². The number of hydrogen-bond acceptors (Lipinski definition) is 0. The first kappa shape index (κ1) is 10.7. The van der Waals surface area contributed by atoms with Crippen LogP contribution in [-0.4, -0.2) is 0 Å². The van der Waals surface area contributed by atoms with Crippen molar-refractivity contribution in [3.8, 4) is 0 Å². The summed E-state index contributed by atoms with van der Waals surface area (Å²) >= 11 is 0. The Hall–Kier alpha value is -0.260. The Balaban J connectivity index is 4.21. The molecule has 0 rings (SSSR count). The van der Waals surface area contributed by atoms with E-state index in [1.807, 2.05) is 0 Å². The summed E-state index contributed by atoms with van der Waals surface area (Å²) < 4.78 is 0. The maximum atomic E-state index is 4.05. The van der Waals surface area contributed by atoms with Crippen LogP contribution in [0.2, 0.25) is 0 Å². The van der Waals surface area contributed by atoms with Crippen LogP contribution in [0.5, 0.6) is 0 Å². The average molecular weight is 154 g/mol. The molecule has 0 aromatic heterocycles. The Morgan fingerprint density at radius 2 is 1.73 bits per heavy atom. The van der Waals surface area contributed by atoms with Crippen molar-refractivity contribution < 1.29 is 0 Å². The molecule has 0 aliphatic rings. The first-order valence-corrected chi connectivity index (χ1v) is 4.66. The minimum atomic E-state index is 0.708. The molecule has 0 spiro atoms. The van der Waals surface area contributed by atoms with Crippen molar-refractivity contribution in [2.75, 3.05) is 0 Å². The minimum absolute atomic E-state index is 0.708. The fraction of sp³-hybridized carbons (Fsp3) is 0.818. The van der Waals surface area contributed by atoms with Crippen molar-refractivity contribution in [3.63, 3.8) is 0 Å². The van der Waals surface area contributed by atoms with E-state index in [-0.39, 0.29) is 0 Å². The summed E-state index contributed by atoms with van der Waals surface area (Å²) in [7, 11) is 0. The second-order valence-electron chi connectivity index (χ2n) is 4.00. The number of hydrogen-bond donors (Lipinski definition) is 0. The van der Waals surface area contributed by atoms with E-state index in [2.05, 4.69) is 41.2 Å². The summed E-state index contributed by atoms with van der Waals surface area (Å²) in [6.07, 6.45) is 1.26. The molecular weight excluding hydrogens is 132 g/mol. The molecule has 0 aliphatic carbocycles. The van der Waals surface area contributed by atoms with Crippen molar-refractivity contribution >= 4 is 0 Å². The molecule has 0 heteroatoms. The molecule has 11 heavy (non-hydrogen) atoms. The van der Waals surface area contributed by atoms with E-state index in [0.717, 1.165) is 11.8 Å². The zero-order valence-electron chi connectivity index (χ0n) is 8.65. The summed E-state index contributed by atoms with van der Waals surface area (Å²) in [5.41, 5.74) is 1.34. The average Bonchev–Trinajstić information content (AvgIpc) is 1.85. The lowest BCUT2D eigenvalue weighted by molar-refractivity contribution is 0.310. The second-order valence-corrected chi connectivity index (χ2v) is 4.00. The van der Waals surface area contributed by atoms with E-state index in [0.29, 0.717) is 5.92 Å². The molecule has 0 aliphatic heterocycles. The van der Waals surface area contributed by atoms with E-state index < -0.39 is 0 Å². The molecule has 0 aromatic rings. The van der Waals surface area contributed by atoms with Crippen molar-refractivity contribution in [1.82, 2.24) is 0 Å². The molecule has 0 N–H and O–H groups in total. The first-order valence-electron chi connectivity index (χ1n) is 4.66. The Bertz CT molecular complexity index is 122. The lowest BCUT2D eigenvalue weighted by atomic mass is 9.79. The first-order chi connectivity index (χ1) is 5.00. The molecule has 0 fully saturated rings. The Morgan fingerprint density at radius 1 is 1.27 bits per heavy atom. The van der Waals surface area contributed by atoms with E-state index in [1.54, 1.807) is 0 Å². The van der Waals surface area contributed by atoms with Crippen LogP contribution in [0.25, 0.3) is 0 Å². The van der Waals surface area contributed by atoms with Crippen molar-refractivity contribution in [3.05, 3.63) is 12.2 Å². The third-order valence-corrected chi connectivity index (χ3v) is 2.54. The van der Waals surface area contributed by atoms with Crippen molar-refractivity contribution in [2.24, 2.45) is 17.8 Å². The second kappa shape index (κ2) is 4.58. The molecule has 0 nitrogen and oxygen atoms in total. The number of rotatable bonds is 4. The van der Waals surface area contributed by atoms with Gasteiger partial charge in [0.05, 0.1) is 0 Å². The van der Waals surface area contributed by atoms with Crippen LogP contribution in [0, 0.1) is 17.8 Å². The summed E-state index contributed by atoms with van der Waals surface area (Å²) in [4.78, 5) is 0. The summed E-state index contributed by atoms with van der Waals surface area (Å²) in [5, 5.41) is 0. The van der Waals surface area contributed by atoms with Gasteiger partial charge in [0.15, 0.2) is 0 Å². The van der Waals surface area contributed by atoms with Crippen LogP contribution in [0.15, 0.2) is 12.2 Å². The van der Waals surface area contributed by atoms with Crippen LogP contribution in [0.3, 0.4) is 0 Å². The van der Waals surface area contributed by atoms with Crippen LogP contribution in [0.4, 0.5) is 0 Å². The van der Waals surface area contributed by atoms with Gasteiger partial charge in [-0.25, -0.2) is 0 Å². The van der Waals surface area contributed by atoms with Gasteiger partial charge in [-0.05, 0) is 24.7 Å². The highest BCUT2D eigenvalue weighted by atomic mass is 14.2. The molecule has 2 unspecified atom stereocenters. The lowest BCUT2D eigenvalue weighted by Crippen LogP contribution is -2.17. The third kappa shape index (κ3) is 3.09. The van der Waals surface area contributed by atoms with Gasteiger partial charge in [0, 0.05) is 0 Å². The van der Waals surface area contributed by atoms with E-state index in [4.69, 9.17) is 0 Å². The molecule has 0 radical (unpaired) electrons. The predicted molar refractivity (Wildman–Crippen MR) is 52.6 cm³/mol. The fourth-order valence-electron chi connectivity index (χ4n) is 1.97. The quantitative estimate of drug-likeness (QED) is 0.539. The van der Waals surface area contributed by atoms with Gasteiger partial charge < -0.3 is 0 Å². The Labute approximate surface area is 71.7 Å². The van der Waals surface area contributed by atoms with Gasteiger partial charge >= 0.3 is 0 Å². The normalized spacial score (nSPS) is 16.5. The third-order valence-electron chi connectivity index (χ3n) is 2.54. The Kier molecular flexibility index (Phi) is 4.48. The predicted octanol–water partition coefficient (Wildman–Crippen LogP) is 3.88. The van der Waals surface area contributed by atoms with Crippen molar-refractivity contribution in [2.45, 2.75) is 41.0 Å².